The van der Waals surface area contributed by atoms with Crippen LogP contribution in [-0.4, -0.2) is 69.3 Å². The molecular formula is C21H23N7O5. The van der Waals surface area contributed by atoms with Crippen LogP contribution in [0.15, 0.2) is 24.4 Å². The van der Waals surface area contributed by atoms with Gasteiger partial charge in [0.1, 0.15) is 18.3 Å². The normalized spacial score (nSPS) is 22.8. The van der Waals surface area contributed by atoms with Crippen molar-refractivity contribution in [1.29, 1.82) is 0 Å². The van der Waals surface area contributed by atoms with E-state index in [0.717, 1.165) is 6.54 Å². The summed E-state index contributed by atoms with van der Waals surface area (Å²) in [5.74, 6) is -1.42. The molecule has 1 aromatic carbocycles. The zero-order valence-electron chi connectivity index (χ0n) is 17.7. The molecule has 0 radical (unpaired) electrons. The van der Waals surface area contributed by atoms with Gasteiger partial charge >= 0.3 is 0 Å². The summed E-state index contributed by atoms with van der Waals surface area (Å²) >= 11 is 0. The third kappa shape index (κ3) is 4.22. The van der Waals surface area contributed by atoms with E-state index < -0.39 is 11.9 Å². The SMILES string of the molecule is O=C1CCC(N2Cc3c(NC(=O)Cn4cc(C5COCCN5)nn4)cccc3C2=O)C(=O)N1. The van der Waals surface area contributed by atoms with E-state index in [2.05, 4.69) is 26.3 Å². The Kier molecular flexibility index (Phi) is 5.60. The van der Waals surface area contributed by atoms with Crippen molar-refractivity contribution in [2.24, 2.45) is 0 Å². The quantitative estimate of drug-likeness (QED) is 0.506. The van der Waals surface area contributed by atoms with Crippen molar-refractivity contribution >= 4 is 29.3 Å². The summed E-state index contributed by atoms with van der Waals surface area (Å²) in [6, 6.07) is 4.30. The summed E-state index contributed by atoms with van der Waals surface area (Å²) in [6.45, 7) is 2.01. The number of hydrogen-bond acceptors (Lipinski definition) is 8. The number of amides is 4. The maximum atomic E-state index is 12.9. The first-order valence-electron chi connectivity index (χ1n) is 10.8. The maximum Gasteiger partial charge on any atom is 0.255 e. The van der Waals surface area contributed by atoms with Crippen molar-refractivity contribution in [3.8, 4) is 0 Å². The molecule has 3 aliphatic rings. The average molecular weight is 453 g/mol. The molecule has 12 nitrogen and oxygen atoms in total. The Morgan fingerprint density at radius 2 is 2.15 bits per heavy atom. The third-order valence-corrected chi connectivity index (χ3v) is 6.00. The molecule has 5 rings (SSSR count). The number of morpholine rings is 1. The van der Waals surface area contributed by atoms with Gasteiger partial charge in [-0.15, -0.1) is 5.10 Å². The highest BCUT2D eigenvalue weighted by Gasteiger charge is 2.40. The molecule has 0 spiro atoms. The van der Waals surface area contributed by atoms with Crippen molar-refractivity contribution < 1.29 is 23.9 Å². The number of anilines is 1. The lowest BCUT2D eigenvalue weighted by molar-refractivity contribution is -0.137. The van der Waals surface area contributed by atoms with E-state index in [9.17, 15) is 19.2 Å². The predicted octanol–water partition coefficient (Wildman–Crippen LogP) is -0.661. The Bertz CT molecular complexity index is 1120. The zero-order valence-corrected chi connectivity index (χ0v) is 17.7. The summed E-state index contributed by atoms with van der Waals surface area (Å²) < 4.78 is 6.88. The molecule has 0 bridgehead atoms. The van der Waals surface area contributed by atoms with Crippen LogP contribution in [0.1, 0.15) is 40.5 Å². The molecule has 2 unspecified atom stereocenters. The number of ether oxygens (including phenoxy) is 1. The molecule has 33 heavy (non-hydrogen) atoms. The van der Waals surface area contributed by atoms with Crippen molar-refractivity contribution in [2.75, 3.05) is 25.1 Å². The number of rotatable bonds is 5. The molecular weight excluding hydrogens is 430 g/mol. The van der Waals surface area contributed by atoms with Crippen LogP contribution in [0.25, 0.3) is 0 Å². The highest BCUT2D eigenvalue weighted by Crippen LogP contribution is 2.32. The molecule has 1 aromatic heterocycles. The lowest BCUT2D eigenvalue weighted by Gasteiger charge is -2.29. The van der Waals surface area contributed by atoms with Gasteiger partial charge in [-0.2, -0.15) is 0 Å². The molecule has 2 aromatic rings. The third-order valence-electron chi connectivity index (χ3n) is 6.00. The minimum Gasteiger partial charge on any atom is -0.378 e. The fourth-order valence-corrected chi connectivity index (χ4v) is 4.35. The van der Waals surface area contributed by atoms with Crippen LogP contribution >= 0.6 is 0 Å². The predicted molar refractivity (Wildman–Crippen MR) is 113 cm³/mol. The molecule has 2 atom stereocenters. The first-order chi connectivity index (χ1) is 16.0. The standard InChI is InChI=1S/C21H23N7O5/c29-18-5-4-17(20(31)24-18)28-8-13-12(21(28)32)2-1-3-14(13)23-19(30)10-27-9-15(25-26-27)16-11-33-7-6-22-16/h1-3,9,16-17,22H,4-8,10-11H2,(H,23,30)(H,24,29,31). The van der Waals surface area contributed by atoms with E-state index in [-0.39, 0.29) is 49.7 Å². The van der Waals surface area contributed by atoms with E-state index in [4.69, 9.17) is 4.74 Å². The number of fused-ring (bicyclic) bond motifs is 1. The second-order valence-electron chi connectivity index (χ2n) is 8.20. The van der Waals surface area contributed by atoms with Crippen molar-refractivity contribution in [2.45, 2.75) is 38.0 Å². The number of hydrogen-bond donors (Lipinski definition) is 3. The number of carbonyl (C=O) groups is 4. The second kappa shape index (κ2) is 8.71. The molecule has 2 saturated heterocycles. The van der Waals surface area contributed by atoms with E-state index in [0.29, 0.717) is 35.7 Å². The van der Waals surface area contributed by atoms with Crippen LogP contribution in [-0.2, 0) is 32.2 Å². The van der Waals surface area contributed by atoms with Crippen LogP contribution in [0.5, 0.6) is 0 Å². The van der Waals surface area contributed by atoms with Gasteiger partial charge in [0.25, 0.3) is 5.91 Å². The largest absolute Gasteiger partial charge is 0.378 e. The zero-order chi connectivity index (χ0) is 22.9. The van der Waals surface area contributed by atoms with Gasteiger partial charge in [-0.05, 0) is 18.6 Å². The number of nitrogens with one attached hydrogen (secondary N) is 3. The van der Waals surface area contributed by atoms with Gasteiger partial charge in [-0.1, -0.05) is 11.3 Å². The van der Waals surface area contributed by atoms with Crippen molar-refractivity contribution in [1.82, 2.24) is 30.5 Å². The van der Waals surface area contributed by atoms with Crippen LogP contribution in [0.4, 0.5) is 5.69 Å². The van der Waals surface area contributed by atoms with Crippen molar-refractivity contribution in [3.63, 3.8) is 0 Å². The van der Waals surface area contributed by atoms with Crippen LogP contribution in [0.3, 0.4) is 0 Å². The van der Waals surface area contributed by atoms with Gasteiger partial charge < -0.3 is 20.3 Å². The van der Waals surface area contributed by atoms with E-state index in [1.165, 1.54) is 9.58 Å². The Labute approximate surface area is 188 Å². The number of aromatic nitrogens is 3. The smallest absolute Gasteiger partial charge is 0.255 e. The van der Waals surface area contributed by atoms with Gasteiger partial charge in [0.15, 0.2) is 0 Å². The number of nitrogens with zero attached hydrogens (tertiary/aromatic N) is 4. The maximum absolute atomic E-state index is 12.9. The summed E-state index contributed by atoms with van der Waals surface area (Å²) in [6.07, 6.45) is 2.17. The Hall–Kier alpha value is -3.64. The molecule has 4 heterocycles. The number of piperidine rings is 1. The summed E-state index contributed by atoms with van der Waals surface area (Å²) in [7, 11) is 0. The van der Waals surface area contributed by atoms with Crippen LogP contribution < -0.4 is 16.0 Å². The summed E-state index contributed by atoms with van der Waals surface area (Å²) in [4.78, 5) is 50.7. The molecule has 0 aliphatic carbocycles. The minimum absolute atomic E-state index is 0.0466. The Morgan fingerprint density at radius 1 is 1.27 bits per heavy atom. The highest BCUT2D eigenvalue weighted by atomic mass is 16.5. The van der Waals surface area contributed by atoms with Gasteiger partial charge in [-0.25, -0.2) is 4.68 Å². The summed E-state index contributed by atoms with van der Waals surface area (Å²) in [5, 5.41) is 16.6. The van der Waals surface area contributed by atoms with Gasteiger partial charge in [0.2, 0.25) is 17.7 Å². The monoisotopic (exact) mass is 453 g/mol. The number of carbonyl (C=O) groups excluding carboxylic acids is 4. The molecule has 12 heteroatoms. The fourth-order valence-electron chi connectivity index (χ4n) is 4.35. The molecule has 172 valence electrons. The first kappa shape index (κ1) is 21.2. The molecule has 0 saturated carbocycles. The lowest BCUT2D eigenvalue weighted by Crippen LogP contribution is -2.52. The second-order valence-corrected chi connectivity index (χ2v) is 8.20. The van der Waals surface area contributed by atoms with E-state index in [1.54, 1.807) is 24.4 Å². The topological polar surface area (TPSA) is 148 Å². The Morgan fingerprint density at radius 3 is 2.94 bits per heavy atom. The highest BCUT2D eigenvalue weighted by molar-refractivity contribution is 6.06. The first-order valence-corrected chi connectivity index (χ1v) is 10.8. The van der Waals surface area contributed by atoms with Crippen LogP contribution in [0.2, 0.25) is 0 Å². The van der Waals surface area contributed by atoms with Crippen molar-refractivity contribution in [3.05, 3.63) is 41.2 Å². The Balaban J connectivity index is 1.26. The number of imide groups is 1. The summed E-state index contributed by atoms with van der Waals surface area (Å²) in [5.41, 5.74) is 2.28. The lowest BCUT2D eigenvalue weighted by atomic mass is 10.0. The molecule has 2 fully saturated rings. The fraction of sp³-hybridized carbons (Fsp3) is 0.429. The van der Waals surface area contributed by atoms with Gasteiger partial charge in [0.05, 0.1) is 25.5 Å². The number of benzene rings is 1. The van der Waals surface area contributed by atoms with Gasteiger partial charge in [-0.3, -0.25) is 24.5 Å². The van der Waals surface area contributed by atoms with Gasteiger partial charge in [0, 0.05) is 36.3 Å². The van der Waals surface area contributed by atoms with E-state index >= 15 is 0 Å². The molecule has 4 amide bonds. The molecule has 3 aliphatic heterocycles. The van der Waals surface area contributed by atoms with E-state index in [1.807, 2.05) is 0 Å². The van der Waals surface area contributed by atoms with Crippen LogP contribution in [0, 0.1) is 0 Å². The minimum atomic E-state index is -0.711. The average Bonchev–Trinajstić information content (AvgIpc) is 3.40. The molecule has 3 N–H and O–H groups in total.